The molecule has 170 valence electrons. The molecule has 1 aliphatic rings. The van der Waals surface area contributed by atoms with E-state index in [1.54, 1.807) is 18.0 Å². The van der Waals surface area contributed by atoms with Gasteiger partial charge in [-0.2, -0.15) is 4.98 Å². The summed E-state index contributed by atoms with van der Waals surface area (Å²) in [4.78, 5) is 28.5. The number of nitrogens with zero attached hydrogens (tertiary/aromatic N) is 4. The molecule has 1 amide bonds. The first kappa shape index (κ1) is 22.6. The molecule has 3 aromatic rings. The first-order chi connectivity index (χ1) is 16.1. The van der Waals surface area contributed by atoms with Gasteiger partial charge in [-0.1, -0.05) is 12.6 Å². The molecule has 3 heterocycles. The van der Waals surface area contributed by atoms with E-state index in [0.29, 0.717) is 17.5 Å². The number of pyridine rings is 1. The Bertz CT molecular complexity index is 1110. The maximum absolute atomic E-state index is 11.6. The maximum atomic E-state index is 11.6. The zero-order chi connectivity index (χ0) is 23.0. The maximum Gasteiger partial charge on any atom is 0.247 e. The number of anilines is 6. The zero-order valence-corrected chi connectivity index (χ0v) is 19.4. The Balaban J connectivity index is 1.48. The van der Waals surface area contributed by atoms with Crippen molar-refractivity contribution in [1.82, 2.24) is 15.0 Å². The Kier molecular flexibility index (Phi) is 7.41. The normalized spacial score (nSPS) is 13.3. The van der Waals surface area contributed by atoms with Crippen LogP contribution < -0.4 is 20.9 Å². The molecule has 8 nitrogen and oxygen atoms in total. The van der Waals surface area contributed by atoms with Gasteiger partial charge in [-0.05, 0) is 61.9 Å². The van der Waals surface area contributed by atoms with Gasteiger partial charge in [0.1, 0.15) is 11.6 Å². The summed E-state index contributed by atoms with van der Waals surface area (Å²) >= 11 is 1.55. The highest BCUT2D eigenvalue weighted by Gasteiger charge is 2.12. The van der Waals surface area contributed by atoms with Crippen LogP contribution in [0.3, 0.4) is 0 Å². The van der Waals surface area contributed by atoms with E-state index in [1.165, 1.54) is 25.3 Å². The third kappa shape index (κ3) is 6.01. The van der Waals surface area contributed by atoms with Crippen LogP contribution in [-0.4, -0.2) is 40.2 Å². The Hall–Kier alpha value is -3.59. The SMILES string of the molecule is C=CC(=O)Nc1cccc(Nc2nc(Nc3ccc(N4CCCCC4)nc3)ncc2SC)c1. The molecule has 9 heteroatoms. The number of piperidine rings is 1. The van der Waals surface area contributed by atoms with Crippen LogP contribution in [0, 0.1) is 0 Å². The van der Waals surface area contributed by atoms with Crippen molar-refractivity contribution in [2.75, 3.05) is 40.2 Å². The molecule has 0 unspecified atom stereocenters. The standard InChI is InChI=1S/C24H27N7OS/c1-3-22(32)27-17-8-7-9-18(14-17)28-23-20(33-2)16-26-24(30-23)29-19-10-11-21(25-15-19)31-12-5-4-6-13-31/h3,7-11,14-16H,1,4-6,12-13H2,2H3,(H,27,32)(H2,26,28,29,30). The monoisotopic (exact) mass is 461 g/mol. The lowest BCUT2D eigenvalue weighted by Gasteiger charge is -2.27. The highest BCUT2D eigenvalue weighted by molar-refractivity contribution is 7.98. The average Bonchev–Trinajstić information content (AvgIpc) is 2.85. The van der Waals surface area contributed by atoms with Crippen LogP contribution in [0.4, 0.5) is 34.6 Å². The van der Waals surface area contributed by atoms with Crippen LogP contribution in [0.5, 0.6) is 0 Å². The molecule has 1 saturated heterocycles. The second-order valence-corrected chi connectivity index (χ2v) is 8.44. The van der Waals surface area contributed by atoms with Crippen LogP contribution >= 0.6 is 11.8 Å². The molecule has 2 aromatic heterocycles. The molecule has 0 saturated carbocycles. The predicted molar refractivity (Wildman–Crippen MR) is 136 cm³/mol. The van der Waals surface area contributed by atoms with Gasteiger partial charge < -0.3 is 20.9 Å². The minimum absolute atomic E-state index is 0.259. The lowest BCUT2D eigenvalue weighted by atomic mass is 10.1. The smallest absolute Gasteiger partial charge is 0.247 e. The summed E-state index contributed by atoms with van der Waals surface area (Å²) < 4.78 is 0. The second-order valence-electron chi connectivity index (χ2n) is 7.59. The van der Waals surface area contributed by atoms with Gasteiger partial charge in [0, 0.05) is 30.7 Å². The summed E-state index contributed by atoms with van der Waals surface area (Å²) in [5, 5.41) is 9.32. The van der Waals surface area contributed by atoms with Crippen molar-refractivity contribution in [3.05, 3.63) is 61.4 Å². The fraction of sp³-hybridized carbons (Fsp3) is 0.250. The molecule has 0 spiro atoms. The Morgan fingerprint density at radius 1 is 1.03 bits per heavy atom. The minimum Gasteiger partial charge on any atom is -0.357 e. The number of rotatable bonds is 8. The van der Waals surface area contributed by atoms with Crippen molar-refractivity contribution < 1.29 is 4.79 Å². The first-order valence-corrected chi connectivity index (χ1v) is 12.1. The molecule has 33 heavy (non-hydrogen) atoms. The number of carbonyl (C=O) groups excluding carboxylic acids is 1. The van der Waals surface area contributed by atoms with Crippen LogP contribution in [0.1, 0.15) is 19.3 Å². The first-order valence-electron chi connectivity index (χ1n) is 10.8. The summed E-state index contributed by atoms with van der Waals surface area (Å²) in [6.45, 7) is 5.61. The van der Waals surface area contributed by atoms with E-state index >= 15 is 0 Å². The molecule has 4 rings (SSSR count). The van der Waals surface area contributed by atoms with Crippen LogP contribution in [0.2, 0.25) is 0 Å². The molecule has 1 aromatic carbocycles. The predicted octanol–water partition coefficient (Wildman–Crippen LogP) is 5.20. The number of aromatic nitrogens is 3. The van der Waals surface area contributed by atoms with E-state index in [2.05, 4.69) is 42.4 Å². The minimum atomic E-state index is -0.259. The number of thioether (sulfide) groups is 1. The van der Waals surface area contributed by atoms with Gasteiger partial charge in [0.05, 0.1) is 16.8 Å². The van der Waals surface area contributed by atoms with Crippen molar-refractivity contribution in [1.29, 1.82) is 0 Å². The third-order valence-corrected chi connectivity index (χ3v) is 5.98. The van der Waals surface area contributed by atoms with Crippen LogP contribution in [0.15, 0.2) is 66.3 Å². The quantitative estimate of drug-likeness (QED) is 0.311. The highest BCUT2D eigenvalue weighted by atomic mass is 32.2. The van der Waals surface area contributed by atoms with Crippen molar-refractivity contribution in [2.45, 2.75) is 24.2 Å². The van der Waals surface area contributed by atoms with E-state index in [1.807, 2.05) is 48.9 Å². The largest absolute Gasteiger partial charge is 0.357 e. The van der Waals surface area contributed by atoms with E-state index < -0.39 is 0 Å². The molecule has 0 bridgehead atoms. The van der Waals surface area contributed by atoms with Crippen LogP contribution in [0.25, 0.3) is 0 Å². The average molecular weight is 462 g/mol. The molecular weight excluding hydrogens is 434 g/mol. The van der Waals surface area contributed by atoms with Gasteiger partial charge in [-0.25, -0.2) is 9.97 Å². The number of amides is 1. The van der Waals surface area contributed by atoms with Gasteiger partial charge in [0.2, 0.25) is 11.9 Å². The second kappa shape index (κ2) is 10.8. The van der Waals surface area contributed by atoms with Crippen molar-refractivity contribution in [3.63, 3.8) is 0 Å². The van der Waals surface area contributed by atoms with E-state index in [-0.39, 0.29) is 5.91 Å². The summed E-state index contributed by atoms with van der Waals surface area (Å²) in [7, 11) is 0. The fourth-order valence-corrected chi connectivity index (χ4v) is 4.02. The summed E-state index contributed by atoms with van der Waals surface area (Å²) in [6, 6.07) is 11.5. The van der Waals surface area contributed by atoms with Crippen molar-refractivity contribution >= 4 is 52.3 Å². The summed E-state index contributed by atoms with van der Waals surface area (Å²) in [5.41, 5.74) is 2.29. The van der Waals surface area contributed by atoms with Gasteiger partial charge in [0.15, 0.2) is 0 Å². The Morgan fingerprint density at radius 3 is 2.58 bits per heavy atom. The number of carbonyl (C=O) groups is 1. The molecule has 1 fully saturated rings. The van der Waals surface area contributed by atoms with E-state index in [4.69, 9.17) is 0 Å². The lowest BCUT2D eigenvalue weighted by molar-refractivity contribution is -0.111. The zero-order valence-electron chi connectivity index (χ0n) is 18.5. The van der Waals surface area contributed by atoms with Crippen LogP contribution in [-0.2, 0) is 4.79 Å². The van der Waals surface area contributed by atoms with Gasteiger partial charge in [-0.3, -0.25) is 4.79 Å². The number of nitrogens with one attached hydrogen (secondary N) is 3. The summed E-state index contributed by atoms with van der Waals surface area (Å²) in [6.07, 6.45) is 10.5. The Morgan fingerprint density at radius 2 is 1.85 bits per heavy atom. The Labute approximate surface area is 197 Å². The molecule has 3 N–H and O–H groups in total. The molecule has 0 radical (unpaired) electrons. The molecule has 0 aliphatic carbocycles. The van der Waals surface area contributed by atoms with E-state index in [0.717, 1.165) is 35.2 Å². The third-order valence-electron chi connectivity index (χ3n) is 5.24. The fourth-order valence-electron chi connectivity index (χ4n) is 3.57. The van der Waals surface area contributed by atoms with E-state index in [9.17, 15) is 4.79 Å². The van der Waals surface area contributed by atoms with Gasteiger partial charge >= 0.3 is 0 Å². The number of benzene rings is 1. The molecule has 0 atom stereocenters. The van der Waals surface area contributed by atoms with Gasteiger partial charge in [-0.15, -0.1) is 11.8 Å². The van der Waals surface area contributed by atoms with Crippen molar-refractivity contribution in [3.8, 4) is 0 Å². The van der Waals surface area contributed by atoms with Gasteiger partial charge in [0.25, 0.3) is 0 Å². The highest BCUT2D eigenvalue weighted by Crippen LogP contribution is 2.28. The molecule has 1 aliphatic heterocycles. The number of hydrogen-bond donors (Lipinski definition) is 3. The summed E-state index contributed by atoms with van der Waals surface area (Å²) in [5.74, 6) is 1.89. The topological polar surface area (TPSA) is 95.1 Å². The van der Waals surface area contributed by atoms with Crippen molar-refractivity contribution in [2.24, 2.45) is 0 Å². The molecular formula is C24H27N7OS. The lowest BCUT2D eigenvalue weighted by Crippen LogP contribution is -2.29. The number of hydrogen-bond acceptors (Lipinski definition) is 8.